The van der Waals surface area contributed by atoms with E-state index >= 15 is 0 Å². The average molecular weight is 581 g/mol. The summed E-state index contributed by atoms with van der Waals surface area (Å²) in [6.45, 7) is 2.06. The minimum absolute atomic E-state index is 0.0964. The third-order valence-electron chi connectivity index (χ3n) is 5.91. The number of hydrogen-bond acceptors (Lipinski definition) is 10. The Morgan fingerprint density at radius 2 is 1.90 bits per heavy atom. The van der Waals surface area contributed by atoms with Crippen molar-refractivity contribution < 1.29 is 24.5 Å². The maximum Gasteiger partial charge on any atom is 0.301 e. The number of Topliss-reactive ketones (excluding diaryl/α,β-unsaturated/α-hetero) is 1. The topological polar surface area (TPSA) is 126 Å². The summed E-state index contributed by atoms with van der Waals surface area (Å²) < 4.78 is 6.10. The van der Waals surface area contributed by atoms with Gasteiger partial charge in [0.2, 0.25) is 5.13 Å². The molecule has 0 spiro atoms. The molecule has 0 saturated carbocycles. The average Bonchev–Trinajstić information content (AvgIpc) is 3.51. The number of aliphatic hydroxyl groups is 1. The number of ketones is 1. The molecule has 2 N–H and O–H groups in total. The predicted molar refractivity (Wildman–Crippen MR) is 149 cm³/mol. The van der Waals surface area contributed by atoms with Gasteiger partial charge in [-0.3, -0.25) is 19.5 Å². The monoisotopic (exact) mass is 580 g/mol. The van der Waals surface area contributed by atoms with Crippen LogP contribution in [0.25, 0.3) is 5.76 Å². The highest BCUT2D eigenvalue weighted by Gasteiger charge is 2.48. The number of nitrogens with zero attached hydrogens (tertiary/aromatic N) is 4. The van der Waals surface area contributed by atoms with E-state index in [9.17, 15) is 19.8 Å². The molecule has 1 aliphatic rings. The fraction of sp³-hybridized carbons (Fsp3) is 0.148. The Hall–Kier alpha value is -3.93. The molecule has 12 heteroatoms. The van der Waals surface area contributed by atoms with Gasteiger partial charge in [0, 0.05) is 28.7 Å². The molecule has 3 heterocycles. The summed E-state index contributed by atoms with van der Waals surface area (Å²) >= 11 is 8.81. The van der Waals surface area contributed by atoms with Crippen molar-refractivity contribution in [2.45, 2.75) is 23.1 Å². The molecular formula is C27H21ClN4O5S2. The second-order valence-electron chi connectivity index (χ2n) is 8.30. The lowest BCUT2D eigenvalue weighted by Crippen LogP contribution is -2.29. The van der Waals surface area contributed by atoms with E-state index in [0.717, 1.165) is 16.9 Å². The Balaban J connectivity index is 1.57. The van der Waals surface area contributed by atoms with E-state index in [4.69, 9.17) is 16.3 Å². The summed E-state index contributed by atoms with van der Waals surface area (Å²) in [5.41, 5.74) is 1.56. The molecule has 1 unspecified atom stereocenters. The fourth-order valence-electron chi connectivity index (χ4n) is 4.10. The first-order valence-corrected chi connectivity index (χ1v) is 13.9. The van der Waals surface area contributed by atoms with E-state index in [0.29, 0.717) is 26.2 Å². The number of anilines is 1. The largest absolute Gasteiger partial charge is 0.507 e. The van der Waals surface area contributed by atoms with E-state index in [1.807, 2.05) is 18.2 Å². The SMILES string of the molecule is CCOc1cc(C2/C(=C(\O)c3ccncc3)C(=O)C(=O)N2c2nnc(SCc3ccccc3Cl)s2)ccc1O. The predicted octanol–water partition coefficient (Wildman–Crippen LogP) is 5.61. The first-order valence-electron chi connectivity index (χ1n) is 11.8. The van der Waals surface area contributed by atoms with Gasteiger partial charge in [-0.05, 0) is 48.4 Å². The van der Waals surface area contributed by atoms with Crippen LogP contribution in [0.4, 0.5) is 5.13 Å². The molecule has 198 valence electrons. The number of phenolic OH excluding ortho intramolecular Hbond substituents is 1. The van der Waals surface area contributed by atoms with Crippen molar-refractivity contribution in [3.63, 3.8) is 0 Å². The van der Waals surface area contributed by atoms with Crippen LogP contribution in [0, 0.1) is 0 Å². The third kappa shape index (κ3) is 5.33. The van der Waals surface area contributed by atoms with E-state index in [1.165, 1.54) is 53.3 Å². The Morgan fingerprint density at radius 3 is 2.64 bits per heavy atom. The van der Waals surface area contributed by atoms with E-state index in [1.54, 1.807) is 19.1 Å². The van der Waals surface area contributed by atoms with Crippen LogP contribution >= 0.6 is 34.7 Å². The zero-order valence-corrected chi connectivity index (χ0v) is 22.8. The smallest absolute Gasteiger partial charge is 0.301 e. The lowest BCUT2D eigenvalue weighted by molar-refractivity contribution is -0.132. The van der Waals surface area contributed by atoms with E-state index < -0.39 is 17.7 Å². The number of hydrogen-bond donors (Lipinski definition) is 2. The van der Waals surface area contributed by atoms with Crippen molar-refractivity contribution in [3.05, 3.63) is 94.3 Å². The number of pyridine rings is 1. The molecule has 1 atom stereocenters. The van der Waals surface area contributed by atoms with Crippen LogP contribution in [0.15, 0.2) is 76.9 Å². The molecule has 1 amide bonds. The molecule has 2 aromatic heterocycles. The maximum atomic E-state index is 13.4. The number of aromatic nitrogens is 3. The number of rotatable bonds is 8. The van der Waals surface area contributed by atoms with Gasteiger partial charge >= 0.3 is 5.91 Å². The molecule has 0 radical (unpaired) electrons. The number of halogens is 1. The van der Waals surface area contributed by atoms with Crippen molar-refractivity contribution in [1.82, 2.24) is 15.2 Å². The molecule has 1 aliphatic heterocycles. The van der Waals surface area contributed by atoms with Gasteiger partial charge in [0.15, 0.2) is 15.8 Å². The molecule has 5 rings (SSSR count). The molecule has 1 saturated heterocycles. The molecule has 39 heavy (non-hydrogen) atoms. The van der Waals surface area contributed by atoms with Crippen LogP contribution in [-0.4, -0.2) is 43.7 Å². The lowest BCUT2D eigenvalue weighted by atomic mass is 9.95. The highest BCUT2D eigenvalue weighted by Crippen LogP contribution is 2.45. The summed E-state index contributed by atoms with van der Waals surface area (Å²) in [5.74, 6) is -1.47. The van der Waals surface area contributed by atoms with Gasteiger partial charge in [0.05, 0.1) is 18.2 Å². The highest BCUT2D eigenvalue weighted by molar-refractivity contribution is 8.00. The van der Waals surface area contributed by atoms with Crippen molar-refractivity contribution in [2.75, 3.05) is 11.5 Å². The van der Waals surface area contributed by atoms with E-state index in [-0.39, 0.29) is 34.6 Å². The number of ether oxygens (including phenoxy) is 1. The number of phenols is 1. The molecule has 2 aromatic carbocycles. The molecule has 4 aromatic rings. The summed E-state index contributed by atoms with van der Waals surface area (Å²) in [5, 5.41) is 30.7. The van der Waals surface area contributed by atoms with E-state index in [2.05, 4.69) is 15.2 Å². The van der Waals surface area contributed by atoms with Gasteiger partial charge in [-0.2, -0.15) is 0 Å². The number of thioether (sulfide) groups is 1. The Labute approximate surface area is 236 Å². The van der Waals surface area contributed by atoms with Crippen molar-refractivity contribution in [2.24, 2.45) is 0 Å². The summed E-state index contributed by atoms with van der Waals surface area (Å²) in [6.07, 6.45) is 2.95. The quantitative estimate of drug-likeness (QED) is 0.0899. The molecule has 0 bridgehead atoms. The van der Waals surface area contributed by atoms with Crippen LogP contribution in [-0.2, 0) is 15.3 Å². The Bertz CT molecular complexity index is 1580. The standard InChI is InChI=1S/C27H21ClN4O5S2/c1-2-37-20-13-16(7-8-19(20)33)22-21(23(34)15-9-11-29-12-10-15)24(35)25(36)32(22)26-30-31-27(39-26)38-14-17-5-3-4-6-18(17)28/h3-13,22,33-34H,2,14H2,1H3/b23-21+. The zero-order chi connectivity index (χ0) is 27.5. The van der Waals surface area contributed by atoms with Crippen LogP contribution in [0.2, 0.25) is 5.02 Å². The molecular weight excluding hydrogens is 560 g/mol. The minimum atomic E-state index is -1.05. The summed E-state index contributed by atoms with van der Waals surface area (Å²) in [7, 11) is 0. The number of carbonyl (C=O) groups excluding carboxylic acids is 2. The van der Waals surface area contributed by atoms with Crippen LogP contribution in [0.5, 0.6) is 11.5 Å². The maximum absolute atomic E-state index is 13.4. The fourth-order valence-corrected chi connectivity index (χ4v) is 6.25. The van der Waals surface area contributed by atoms with Crippen molar-refractivity contribution in [3.8, 4) is 11.5 Å². The molecule has 9 nitrogen and oxygen atoms in total. The number of aliphatic hydroxyl groups excluding tert-OH is 1. The summed E-state index contributed by atoms with van der Waals surface area (Å²) in [6, 6.07) is 14.0. The van der Waals surface area contributed by atoms with Gasteiger partial charge in [-0.25, -0.2) is 0 Å². The van der Waals surface area contributed by atoms with Crippen LogP contribution in [0.3, 0.4) is 0 Å². The van der Waals surface area contributed by atoms with Gasteiger partial charge in [-0.1, -0.05) is 59.0 Å². The normalized spacial score (nSPS) is 16.6. The first-order chi connectivity index (χ1) is 18.9. The van der Waals surface area contributed by atoms with Crippen molar-refractivity contribution in [1.29, 1.82) is 0 Å². The zero-order valence-electron chi connectivity index (χ0n) is 20.4. The molecule has 0 aliphatic carbocycles. The number of carbonyl (C=O) groups is 2. The van der Waals surface area contributed by atoms with Crippen LogP contribution < -0.4 is 9.64 Å². The minimum Gasteiger partial charge on any atom is -0.507 e. The lowest BCUT2D eigenvalue weighted by Gasteiger charge is -2.23. The number of benzene rings is 2. The molecule has 1 fully saturated rings. The first kappa shape index (κ1) is 26.7. The second kappa shape index (κ2) is 11.4. The number of aromatic hydroxyl groups is 1. The van der Waals surface area contributed by atoms with Gasteiger partial charge in [0.1, 0.15) is 5.76 Å². The van der Waals surface area contributed by atoms with Gasteiger partial charge in [-0.15, -0.1) is 10.2 Å². The van der Waals surface area contributed by atoms with Crippen LogP contribution in [0.1, 0.15) is 29.7 Å². The Kier molecular flexibility index (Phi) is 7.82. The second-order valence-corrected chi connectivity index (χ2v) is 10.9. The van der Waals surface area contributed by atoms with Gasteiger partial charge in [0.25, 0.3) is 5.78 Å². The Morgan fingerprint density at radius 1 is 1.13 bits per heavy atom. The van der Waals surface area contributed by atoms with Gasteiger partial charge < -0.3 is 14.9 Å². The number of amides is 1. The third-order valence-corrected chi connectivity index (χ3v) is 8.38. The summed E-state index contributed by atoms with van der Waals surface area (Å²) in [4.78, 5) is 31.9. The highest BCUT2D eigenvalue weighted by atomic mass is 35.5. The van der Waals surface area contributed by atoms with Crippen molar-refractivity contribution >= 4 is 57.3 Å².